The van der Waals surface area contributed by atoms with Crippen LogP contribution in [0, 0.1) is 5.92 Å². The van der Waals surface area contributed by atoms with Gasteiger partial charge in [0.25, 0.3) is 0 Å². The quantitative estimate of drug-likeness (QED) is 0.704. The van der Waals surface area contributed by atoms with Crippen molar-refractivity contribution in [3.8, 4) is 0 Å². The maximum absolute atomic E-state index is 12.2. The lowest BCUT2D eigenvalue weighted by molar-refractivity contribution is -0.152. The van der Waals surface area contributed by atoms with Crippen molar-refractivity contribution in [2.75, 3.05) is 13.2 Å². The van der Waals surface area contributed by atoms with Gasteiger partial charge >= 0.3 is 12.1 Å². The van der Waals surface area contributed by atoms with Crippen LogP contribution in [-0.4, -0.2) is 40.8 Å². The molecule has 0 aromatic rings. The fourth-order valence-electron chi connectivity index (χ4n) is 2.34. The second kappa shape index (κ2) is 8.82. The van der Waals surface area contributed by atoms with E-state index in [1.165, 1.54) is 4.90 Å². The number of amides is 1. The first-order chi connectivity index (χ1) is 9.35. The van der Waals surface area contributed by atoms with E-state index in [0.29, 0.717) is 19.4 Å². The van der Waals surface area contributed by atoms with E-state index in [2.05, 4.69) is 0 Å². The summed E-state index contributed by atoms with van der Waals surface area (Å²) < 4.78 is 5.07. The molecule has 5 heteroatoms. The molecule has 20 heavy (non-hydrogen) atoms. The second-order valence-corrected chi connectivity index (χ2v) is 5.50. The minimum Gasteiger partial charge on any atom is -0.479 e. The van der Waals surface area contributed by atoms with Crippen molar-refractivity contribution < 1.29 is 19.4 Å². The molecule has 1 unspecified atom stereocenters. The average Bonchev–Trinajstić information content (AvgIpc) is 2.38. The number of carbonyl (C=O) groups is 2. The van der Waals surface area contributed by atoms with Gasteiger partial charge in [-0.15, -0.1) is 0 Å². The Labute approximate surface area is 122 Å². The van der Waals surface area contributed by atoms with Crippen LogP contribution in [0.3, 0.4) is 0 Å². The molecule has 0 aliphatic heterocycles. The first-order valence-electron chi connectivity index (χ1n) is 7.53. The maximum Gasteiger partial charge on any atom is 0.410 e. The summed E-state index contributed by atoms with van der Waals surface area (Å²) in [6, 6.07) is 0. The number of carboxylic acid groups (broad SMARTS) is 1. The second-order valence-electron chi connectivity index (χ2n) is 5.50. The van der Waals surface area contributed by atoms with E-state index in [-0.39, 0.29) is 12.5 Å². The SMILES string of the molecule is CCCCC(CC)(C(=O)O)N(CC(C)C)C(=O)OCC. The number of ether oxygens (including phenoxy) is 1. The van der Waals surface area contributed by atoms with Crippen LogP contribution >= 0.6 is 0 Å². The molecule has 0 rings (SSSR count). The molecule has 0 saturated carbocycles. The predicted octanol–water partition coefficient (Wildman–Crippen LogP) is 3.52. The van der Waals surface area contributed by atoms with Crippen molar-refractivity contribution in [1.82, 2.24) is 4.90 Å². The van der Waals surface area contributed by atoms with Crippen LogP contribution in [0.25, 0.3) is 0 Å². The number of aliphatic carboxylic acids is 1. The summed E-state index contributed by atoms with van der Waals surface area (Å²) in [7, 11) is 0. The summed E-state index contributed by atoms with van der Waals surface area (Å²) in [5.41, 5.74) is -1.16. The predicted molar refractivity (Wildman–Crippen MR) is 78.7 cm³/mol. The molecule has 0 aromatic heterocycles. The van der Waals surface area contributed by atoms with Crippen LogP contribution in [-0.2, 0) is 9.53 Å². The van der Waals surface area contributed by atoms with E-state index >= 15 is 0 Å². The van der Waals surface area contributed by atoms with Gasteiger partial charge < -0.3 is 9.84 Å². The van der Waals surface area contributed by atoms with Crippen molar-refractivity contribution in [3.05, 3.63) is 0 Å². The molecule has 0 saturated heterocycles. The van der Waals surface area contributed by atoms with E-state index < -0.39 is 17.6 Å². The summed E-state index contributed by atoms with van der Waals surface area (Å²) in [6.07, 6.45) is 1.98. The average molecular weight is 287 g/mol. The van der Waals surface area contributed by atoms with Crippen molar-refractivity contribution in [2.24, 2.45) is 5.92 Å². The standard InChI is InChI=1S/C15H29NO4/c1-6-9-10-15(7-2,13(17)18)16(11-12(4)5)14(19)20-8-3/h12H,6-11H2,1-5H3,(H,17,18). The molecule has 5 nitrogen and oxygen atoms in total. The van der Waals surface area contributed by atoms with E-state index in [4.69, 9.17) is 4.74 Å². The Hall–Kier alpha value is -1.26. The zero-order valence-corrected chi connectivity index (χ0v) is 13.4. The Morgan fingerprint density at radius 3 is 2.20 bits per heavy atom. The van der Waals surface area contributed by atoms with Crippen LogP contribution < -0.4 is 0 Å². The molecule has 1 amide bonds. The Bertz CT molecular complexity index is 317. The third-order valence-electron chi connectivity index (χ3n) is 3.48. The smallest absolute Gasteiger partial charge is 0.410 e. The van der Waals surface area contributed by atoms with E-state index in [1.54, 1.807) is 6.92 Å². The minimum atomic E-state index is -1.16. The lowest BCUT2D eigenvalue weighted by Gasteiger charge is -2.40. The fraction of sp³-hybridized carbons (Fsp3) is 0.867. The van der Waals surface area contributed by atoms with E-state index in [0.717, 1.165) is 12.8 Å². The number of carboxylic acids is 1. The number of unbranched alkanes of at least 4 members (excludes halogenated alkanes) is 1. The summed E-state index contributed by atoms with van der Waals surface area (Å²) in [6.45, 7) is 10.1. The van der Waals surface area contributed by atoms with Crippen molar-refractivity contribution >= 4 is 12.1 Å². The molecular formula is C15H29NO4. The van der Waals surface area contributed by atoms with Gasteiger partial charge in [0.05, 0.1) is 6.61 Å². The topological polar surface area (TPSA) is 66.8 Å². The maximum atomic E-state index is 12.2. The molecule has 0 fully saturated rings. The van der Waals surface area contributed by atoms with Gasteiger partial charge in [-0.25, -0.2) is 9.59 Å². The molecule has 0 spiro atoms. The third-order valence-corrected chi connectivity index (χ3v) is 3.48. The number of nitrogens with zero attached hydrogens (tertiary/aromatic N) is 1. The van der Waals surface area contributed by atoms with Gasteiger partial charge in [0.1, 0.15) is 5.54 Å². The molecule has 118 valence electrons. The number of carbonyl (C=O) groups excluding carboxylic acids is 1. The minimum absolute atomic E-state index is 0.186. The van der Waals surface area contributed by atoms with Gasteiger partial charge in [-0.3, -0.25) is 4.90 Å². The number of rotatable bonds is 9. The summed E-state index contributed by atoms with van der Waals surface area (Å²) in [5.74, 6) is -0.756. The van der Waals surface area contributed by atoms with Crippen molar-refractivity contribution in [2.45, 2.75) is 65.8 Å². The van der Waals surface area contributed by atoms with Crippen molar-refractivity contribution in [3.63, 3.8) is 0 Å². The first kappa shape index (κ1) is 18.7. The zero-order valence-electron chi connectivity index (χ0n) is 13.4. The lowest BCUT2D eigenvalue weighted by Crippen LogP contribution is -2.58. The molecule has 0 heterocycles. The zero-order chi connectivity index (χ0) is 15.8. The van der Waals surface area contributed by atoms with Crippen LogP contribution in [0.1, 0.15) is 60.3 Å². The first-order valence-corrected chi connectivity index (χ1v) is 7.53. The highest BCUT2D eigenvalue weighted by atomic mass is 16.6. The van der Waals surface area contributed by atoms with Gasteiger partial charge in [0, 0.05) is 6.54 Å². The van der Waals surface area contributed by atoms with E-state index in [1.807, 2.05) is 27.7 Å². The van der Waals surface area contributed by atoms with Crippen LogP contribution in [0.2, 0.25) is 0 Å². The van der Waals surface area contributed by atoms with Crippen LogP contribution in [0.5, 0.6) is 0 Å². The molecule has 0 bridgehead atoms. The highest BCUT2D eigenvalue weighted by molar-refractivity contribution is 5.84. The van der Waals surface area contributed by atoms with Gasteiger partial charge in [-0.2, -0.15) is 0 Å². The van der Waals surface area contributed by atoms with Gasteiger partial charge in [0.2, 0.25) is 0 Å². The molecule has 0 aliphatic carbocycles. The Morgan fingerprint density at radius 1 is 1.25 bits per heavy atom. The molecule has 0 radical (unpaired) electrons. The summed E-state index contributed by atoms with van der Waals surface area (Å²) >= 11 is 0. The number of hydrogen-bond donors (Lipinski definition) is 1. The van der Waals surface area contributed by atoms with Crippen LogP contribution in [0.15, 0.2) is 0 Å². The molecule has 1 N–H and O–H groups in total. The highest BCUT2D eigenvalue weighted by Gasteiger charge is 2.45. The summed E-state index contributed by atoms with van der Waals surface area (Å²) in [5, 5.41) is 9.70. The molecule has 1 atom stereocenters. The Kier molecular flexibility index (Phi) is 8.26. The molecular weight excluding hydrogens is 258 g/mol. The number of hydrogen-bond acceptors (Lipinski definition) is 3. The normalized spacial score (nSPS) is 13.9. The van der Waals surface area contributed by atoms with Gasteiger partial charge in [0.15, 0.2) is 0 Å². The molecule has 0 aromatic carbocycles. The van der Waals surface area contributed by atoms with Crippen molar-refractivity contribution in [1.29, 1.82) is 0 Å². The lowest BCUT2D eigenvalue weighted by atomic mass is 9.87. The Morgan fingerprint density at radius 2 is 1.85 bits per heavy atom. The molecule has 0 aliphatic rings. The largest absolute Gasteiger partial charge is 0.479 e. The summed E-state index contributed by atoms with van der Waals surface area (Å²) in [4.78, 5) is 25.4. The Balaban J connectivity index is 5.46. The third kappa shape index (κ3) is 4.69. The van der Waals surface area contributed by atoms with Gasteiger partial charge in [-0.05, 0) is 25.7 Å². The van der Waals surface area contributed by atoms with E-state index in [9.17, 15) is 14.7 Å². The van der Waals surface area contributed by atoms with Gasteiger partial charge in [-0.1, -0.05) is 40.5 Å². The fourth-order valence-corrected chi connectivity index (χ4v) is 2.34. The van der Waals surface area contributed by atoms with Crippen LogP contribution in [0.4, 0.5) is 4.79 Å². The monoisotopic (exact) mass is 287 g/mol. The highest BCUT2D eigenvalue weighted by Crippen LogP contribution is 2.29.